The number of aromatic nitrogens is 3. The summed E-state index contributed by atoms with van der Waals surface area (Å²) in [6.45, 7) is 3.14. The van der Waals surface area contributed by atoms with Crippen LogP contribution in [0.4, 0.5) is 4.79 Å². The number of H-pyrrole nitrogens is 1. The van der Waals surface area contributed by atoms with Gasteiger partial charge in [-0.15, -0.1) is 0 Å². The number of rotatable bonds is 7. The molecule has 5 rings (SSSR count). The molecular formula is C26H27N5O5. The van der Waals surface area contributed by atoms with Gasteiger partial charge in [0.15, 0.2) is 11.4 Å². The number of hydrogen-bond acceptors (Lipinski definition) is 7. The van der Waals surface area contributed by atoms with E-state index in [1.54, 1.807) is 27.8 Å². The molecule has 0 bridgehead atoms. The highest BCUT2D eigenvalue weighted by molar-refractivity contribution is 5.98. The summed E-state index contributed by atoms with van der Waals surface area (Å²) in [4.78, 5) is 42.9. The van der Waals surface area contributed by atoms with Crippen LogP contribution in [0.15, 0.2) is 63.8 Å². The smallest absolute Gasteiger partial charge is 0.417 e. The van der Waals surface area contributed by atoms with Crippen LogP contribution >= 0.6 is 0 Å². The number of ketones is 1. The van der Waals surface area contributed by atoms with Crippen molar-refractivity contribution in [1.82, 2.24) is 24.6 Å². The third-order valence-corrected chi connectivity index (χ3v) is 6.42. The number of carbonyl (C=O) groups excluding carboxylic acids is 2. The number of benzene rings is 2. The van der Waals surface area contributed by atoms with Crippen LogP contribution in [0.5, 0.6) is 0 Å². The van der Waals surface area contributed by atoms with Gasteiger partial charge in [-0.2, -0.15) is 5.10 Å². The average Bonchev–Trinajstić information content (AvgIpc) is 3.47. The number of aryl methyl sites for hydroxylation is 1. The Bertz CT molecular complexity index is 1430. The highest BCUT2D eigenvalue weighted by Gasteiger charge is 2.23. The first kappa shape index (κ1) is 23.6. The second kappa shape index (κ2) is 10.2. The normalized spacial score (nSPS) is 14.3. The summed E-state index contributed by atoms with van der Waals surface area (Å²) in [5.41, 5.74) is 4.12. The molecule has 10 nitrogen and oxygen atoms in total. The van der Waals surface area contributed by atoms with Crippen LogP contribution < -0.4 is 5.76 Å². The SMILES string of the molecule is Cn1nc(-c2ccccc2)cc1COC(=O)N1CCN(CCC(=O)c2ccc3[nH]c(=O)oc3c2)CC1. The predicted octanol–water partition coefficient (Wildman–Crippen LogP) is 3.05. The van der Waals surface area contributed by atoms with Crippen molar-refractivity contribution in [1.29, 1.82) is 0 Å². The van der Waals surface area contributed by atoms with Crippen LogP contribution in [0, 0.1) is 0 Å². The largest absolute Gasteiger partial charge is 0.443 e. The fourth-order valence-corrected chi connectivity index (χ4v) is 4.29. The highest BCUT2D eigenvalue weighted by Crippen LogP contribution is 2.19. The van der Waals surface area contributed by atoms with E-state index in [1.807, 2.05) is 43.4 Å². The lowest BCUT2D eigenvalue weighted by Gasteiger charge is -2.33. The van der Waals surface area contributed by atoms with Crippen molar-refractivity contribution in [2.75, 3.05) is 32.7 Å². The van der Waals surface area contributed by atoms with Crippen LogP contribution in [0.1, 0.15) is 22.5 Å². The topological polar surface area (TPSA) is 114 Å². The van der Waals surface area contributed by atoms with E-state index in [1.165, 1.54) is 0 Å². The molecule has 0 atom stereocenters. The molecule has 1 N–H and O–H groups in total. The molecule has 2 aromatic carbocycles. The predicted molar refractivity (Wildman–Crippen MR) is 133 cm³/mol. The number of ether oxygens (including phenoxy) is 1. The number of amides is 1. The first-order valence-corrected chi connectivity index (χ1v) is 11.8. The van der Waals surface area contributed by atoms with Crippen LogP contribution in [0.3, 0.4) is 0 Å². The van der Waals surface area contributed by atoms with Gasteiger partial charge in [-0.25, -0.2) is 9.59 Å². The van der Waals surface area contributed by atoms with E-state index in [4.69, 9.17) is 9.15 Å². The Balaban J connectivity index is 1.07. The molecule has 0 saturated carbocycles. The molecule has 0 unspecified atom stereocenters. The van der Waals surface area contributed by atoms with Crippen molar-refractivity contribution >= 4 is 23.0 Å². The Hall–Kier alpha value is -4.18. The molecule has 4 aromatic rings. The Morgan fingerprint density at radius 3 is 2.61 bits per heavy atom. The zero-order valence-corrected chi connectivity index (χ0v) is 20.0. The summed E-state index contributed by atoms with van der Waals surface area (Å²) in [5, 5.41) is 4.51. The molecule has 186 valence electrons. The minimum absolute atomic E-state index is 0.0198. The van der Waals surface area contributed by atoms with Gasteiger partial charge in [0.1, 0.15) is 6.61 Å². The van der Waals surface area contributed by atoms with Crippen molar-refractivity contribution in [3.8, 4) is 11.3 Å². The zero-order valence-electron chi connectivity index (χ0n) is 20.0. The first-order chi connectivity index (χ1) is 17.5. The lowest BCUT2D eigenvalue weighted by molar-refractivity contribution is 0.0683. The standard InChI is InChI=1S/C26H27N5O5/c1-29-20(16-22(28-29)18-5-3-2-4-6-18)17-35-26(34)31-13-11-30(12-14-31)10-9-23(32)19-7-8-21-24(15-19)36-25(33)27-21/h2-8,15-16H,9-14,17H2,1H3,(H,27,33). The van der Waals surface area contributed by atoms with E-state index in [9.17, 15) is 14.4 Å². The van der Waals surface area contributed by atoms with Gasteiger partial charge in [-0.3, -0.25) is 19.4 Å². The number of Topliss-reactive ketones (excluding diaryl/α,β-unsaturated/α-hetero) is 1. The van der Waals surface area contributed by atoms with E-state index < -0.39 is 5.76 Å². The van der Waals surface area contributed by atoms with E-state index in [-0.39, 0.29) is 18.5 Å². The fourth-order valence-electron chi connectivity index (χ4n) is 4.29. The molecule has 0 radical (unpaired) electrons. The molecule has 0 spiro atoms. The Labute approximate surface area is 207 Å². The van der Waals surface area contributed by atoms with Crippen LogP contribution in [0.25, 0.3) is 22.4 Å². The van der Waals surface area contributed by atoms with Gasteiger partial charge in [0, 0.05) is 57.3 Å². The monoisotopic (exact) mass is 489 g/mol. The van der Waals surface area contributed by atoms with E-state index in [0.29, 0.717) is 55.8 Å². The molecular weight excluding hydrogens is 462 g/mol. The Morgan fingerprint density at radius 2 is 1.83 bits per heavy atom. The van der Waals surface area contributed by atoms with Gasteiger partial charge in [0.25, 0.3) is 0 Å². The summed E-state index contributed by atoms with van der Waals surface area (Å²) < 4.78 is 12.3. The summed E-state index contributed by atoms with van der Waals surface area (Å²) in [6.07, 6.45) is -0.0102. The van der Waals surface area contributed by atoms with E-state index >= 15 is 0 Å². The number of hydrogen-bond donors (Lipinski definition) is 1. The number of nitrogens with zero attached hydrogens (tertiary/aromatic N) is 4. The highest BCUT2D eigenvalue weighted by atomic mass is 16.6. The van der Waals surface area contributed by atoms with Gasteiger partial charge in [-0.1, -0.05) is 30.3 Å². The van der Waals surface area contributed by atoms with Crippen molar-refractivity contribution in [2.24, 2.45) is 7.05 Å². The second-order valence-corrected chi connectivity index (χ2v) is 8.79. The van der Waals surface area contributed by atoms with Gasteiger partial charge >= 0.3 is 11.8 Å². The maximum atomic E-state index is 12.6. The van der Waals surface area contributed by atoms with Gasteiger partial charge in [0.2, 0.25) is 0 Å². The Morgan fingerprint density at radius 1 is 1.06 bits per heavy atom. The number of nitrogens with one attached hydrogen (secondary N) is 1. The maximum absolute atomic E-state index is 12.6. The summed E-state index contributed by atoms with van der Waals surface area (Å²) in [6, 6.07) is 16.7. The van der Waals surface area contributed by atoms with Crippen LogP contribution in [-0.4, -0.2) is 69.2 Å². The minimum atomic E-state index is -0.539. The Kier molecular flexibility index (Phi) is 6.68. The lowest BCUT2D eigenvalue weighted by atomic mass is 10.1. The number of carbonyl (C=O) groups is 2. The molecule has 1 saturated heterocycles. The fraction of sp³-hybridized carbons (Fsp3) is 0.308. The van der Waals surface area contributed by atoms with Gasteiger partial charge < -0.3 is 14.1 Å². The first-order valence-electron chi connectivity index (χ1n) is 11.8. The lowest BCUT2D eigenvalue weighted by Crippen LogP contribution is -2.49. The van der Waals surface area contributed by atoms with Crippen LogP contribution in [-0.2, 0) is 18.4 Å². The number of aromatic amines is 1. The van der Waals surface area contributed by atoms with E-state index in [2.05, 4.69) is 15.0 Å². The molecule has 36 heavy (non-hydrogen) atoms. The maximum Gasteiger partial charge on any atom is 0.417 e. The molecule has 2 aromatic heterocycles. The summed E-state index contributed by atoms with van der Waals surface area (Å²) in [7, 11) is 1.84. The third-order valence-electron chi connectivity index (χ3n) is 6.42. The molecule has 10 heteroatoms. The third kappa shape index (κ3) is 5.23. The summed E-state index contributed by atoms with van der Waals surface area (Å²) >= 11 is 0. The van der Waals surface area contributed by atoms with E-state index in [0.717, 1.165) is 17.0 Å². The van der Waals surface area contributed by atoms with Crippen LogP contribution in [0.2, 0.25) is 0 Å². The molecule has 1 fully saturated rings. The zero-order chi connectivity index (χ0) is 25.1. The van der Waals surface area contributed by atoms with Crippen molar-refractivity contribution in [3.63, 3.8) is 0 Å². The van der Waals surface area contributed by atoms with Gasteiger partial charge in [-0.05, 0) is 24.3 Å². The van der Waals surface area contributed by atoms with Crippen molar-refractivity contribution in [2.45, 2.75) is 13.0 Å². The molecule has 3 heterocycles. The van der Waals surface area contributed by atoms with Gasteiger partial charge in [0.05, 0.1) is 16.9 Å². The number of fused-ring (bicyclic) bond motifs is 1. The summed E-state index contributed by atoms with van der Waals surface area (Å²) in [5.74, 6) is -0.558. The molecule has 1 amide bonds. The number of oxazole rings is 1. The molecule has 1 aliphatic heterocycles. The van der Waals surface area contributed by atoms with Crippen molar-refractivity contribution in [3.05, 3.63) is 76.4 Å². The second-order valence-electron chi connectivity index (χ2n) is 8.79. The number of piperazine rings is 1. The molecule has 0 aliphatic carbocycles. The molecule has 1 aliphatic rings. The quantitative estimate of drug-likeness (QED) is 0.397. The minimum Gasteiger partial charge on any atom is -0.443 e. The average molecular weight is 490 g/mol. The van der Waals surface area contributed by atoms with Crippen molar-refractivity contribution < 1.29 is 18.7 Å².